The molecule has 0 spiro atoms. The van der Waals surface area contributed by atoms with Crippen molar-refractivity contribution in [2.24, 2.45) is 5.92 Å². The van der Waals surface area contributed by atoms with Crippen molar-refractivity contribution in [1.82, 2.24) is 4.98 Å². The van der Waals surface area contributed by atoms with Gasteiger partial charge in [0.1, 0.15) is 0 Å². The Morgan fingerprint density at radius 1 is 1.27 bits per heavy atom. The monoisotopic (exact) mass is 382 g/mol. The maximum Gasteiger partial charge on any atom is 0.416 e. The summed E-state index contributed by atoms with van der Waals surface area (Å²) in [6.45, 7) is 1.74. The predicted molar refractivity (Wildman–Crippen MR) is 96.1 cm³/mol. The molecular formula is C19H21F3N2OS. The summed E-state index contributed by atoms with van der Waals surface area (Å²) in [6.07, 6.45) is 1.92. The lowest BCUT2D eigenvalue weighted by atomic mass is 9.73. The maximum absolute atomic E-state index is 13.2. The van der Waals surface area contributed by atoms with Gasteiger partial charge in [0, 0.05) is 11.6 Å². The van der Waals surface area contributed by atoms with Gasteiger partial charge in [-0.15, -0.1) is 11.3 Å². The third-order valence-corrected chi connectivity index (χ3v) is 5.84. The molecule has 2 aromatic rings. The second-order valence-corrected chi connectivity index (χ2v) is 7.95. The van der Waals surface area contributed by atoms with Gasteiger partial charge in [-0.25, -0.2) is 4.98 Å². The Labute approximate surface area is 154 Å². The van der Waals surface area contributed by atoms with E-state index in [9.17, 15) is 18.0 Å². The minimum Gasteiger partial charge on any atom is -0.301 e. The molecule has 1 N–H and O–H groups in total. The van der Waals surface area contributed by atoms with E-state index in [1.54, 1.807) is 24.6 Å². The van der Waals surface area contributed by atoms with Gasteiger partial charge in [-0.2, -0.15) is 13.2 Å². The zero-order valence-electron chi connectivity index (χ0n) is 14.5. The first-order valence-corrected chi connectivity index (χ1v) is 9.56. The highest BCUT2D eigenvalue weighted by molar-refractivity contribution is 7.13. The second-order valence-electron chi connectivity index (χ2n) is 7.06. The SMILES string of the molecule is CC(CC1CCCC1)(C(=O)Nc1nccs1)c1cccc(C(F)(F)F)c1. The highest BCUT2D eigenvalue weighted by Gasteiger charge is 2.40. The maximum atomic E-state index is 13.2. The first kappa shape index (κ1) is 18.9. The lowest BCUT2D eigenvalue weighted by Gasteiger charge is -2.31. The molecule has 1 aliphatic carbocycles. The molecule has 26 heavy (non-hydrogen) atoms. The molecule has 1 aliphatic rings. The molecule has 1 aromatic heterocycles. The van der Waals surface area contributed by atoms with Gasteiger partial charge in [0.15, 0.2) is 5.13 Å². The smallest absolute Gasteiger partial charge is 0.301 e. The summed E-state index contributed by atoms with van der Waals surface area (Å²) in [5, 5.41) is 4.98. The summed E-state index contributed by atoms with van der Waals surface area (Å²) in [6, 6.07) is 5.14. The van der Waals surface area contributed by atoms with Crippen molar-refractivity contribution in [1.29, 1.82) is 0 Å². The molecule has 3 nitrogen and oxygen atoms in total. The van der Waals surface area contributed by atoms with Crippen LogP contribution in [0.4, 0.5) is 18.3 Å². The van der Waals surface area contributed by atoms with Crippen molar-refractivity contribution in [3.63, 3.8) is 0 Å². The highest BCUT2D eigenvalue weighted by atomic mass is 32.1. The second kappa shape index (κ2) is 7.39. The highest BCUT2D eigenvalue weighted by Crippen LogP contribution is 2.40. The van der Waals surface area contributed by atoms with Crippen LogP contribution < -0.4 is 5.32 Å². The van der Waals surface area contributed by atoms with E-state index in [0.717, 1.165) is 37.8 Å². The quantitative estimate of drug-likeness (QED) is 0.727. The van der Waals surface area contributed by atoms with E-state index in [0.29, 0.717) is 23.0 Å². The molecule has 1 aromatic carbocycles. The van der Waals surface area contributed by atoms with Gasteiger partial charge in [-0.3, -0.25) is 4.79 Å². The first-order valence-electron chi connectivity index (χ1n) is 8.68. The van der Waals surface area contributed by atoms with Crippen LogP contribution in [0.3, 0.4) is 0 Å². The molecule has 0 radical (unpaired) electrons. The molecule has 1 saturated carbocycles. The van der Waals surface area contributed by atoms with Gasteiger partial charge >= 0.3 is 6.18 Å². The summed E-state index contributed by atoms with van der Waals surface area (Å²) in [4.78, 5) is 17.1. The minimum absolute atomic E-state index is 0.307. The van der Waals surface area contributed by atoms with Crippen LogP contribution in [-0.2, 0) is 16.4 Å². The van der Waals surface area contributed by atoms with Gasteiger partial charge in [0.25, 0.3) is 0 Å². The number of aromatic nitrogens is 1. The van der Waals surface area contributed by atoms with E-state index in [4.69, 9.17) is 0 Å². The Morgan fingerprint density at radius 3 is 2.58 bits per heavy atom. The van der Waals surface area contributed by atoms with Crippen molar-refractivity contribution in [2.45, 2.75) is 50.6 Å². The normalized spacial score (nSPS) is 17.8. The van der Waals surface area contributed by atoms with Crippen molar-refractivity contribution in [2.75, 3.05) is 5.32 Å². The molecule has 0 aliphatic heterocycles. The topological polar surface area (TPSA) is 42.0 Å². The summed E-state index contributed by atoms with van der Waals surface area (Å²) >= 11 is 1.29. The van der Waals surface area contributed by atoms with Crippen LogP contribution in [0.1, 0.15) is 50.2 Å². The Kier molecular flexibility index (Phi) is 5.37. The Bertz CT molecular complexity index is 754. The van der Waals surface area contributed by atoms with Crippen LogP contribution in [0, 0.1) is 5.92 Å². The van der Waals surface area contributed by atoms with E-state index in [1.807, 2.05) is 0 Å². The number of hydrogen-bond donors (Lipinski definition) is 1. The predicted octanol–water partition coefficient (Wildman–Crippen LogP) is 5.64. The van der Waals surface area contributed by atoms with Crippen molar-refractivity contribution in [3.8, 4) is 0 Å². The third kappa shape index (κ3) is 4.09. The lowest BCUT2D eigenvalue weighted by molar-refractivity contribution is -0.137. The van der Waals surface area contributed by atoms with Gasteiger partial charge in [-0.1, -0.05) is 43.9 Å². The summed E-state index contributed by atoms with van der Waals surface area (Å²) in [5.41, 5.74) is -1.37. The van der Waals surface area contributed by atoms with Gasteiger partial charge in [0.2, 0.25) is 5.91 Å². The summed E-state index contributed by atoms with van der Waals surface area (Å²) in [5.74, 6) is 0.0373. The number of amides is 1. The van der Waals surface area contributed by atoms with E-state index in [-0.39, 0.29) is 5.91 Å². The van der Waals surface area contributed by atoms with Crippen LogP contribution in [0.25, 0.3) is 0 Å². The number of carbonyl (C=O) groups is 1. The van der Waals surface area contributed by atoms with Gasteiger partial charge < -0.3 is 5.32 Å². The number of benzene rings is 1. The van der Waals surface area contributed by atoms with Crippen LogP contribution in [0.15, 0.2) is 35.8 Å². The van der Waals surface area contributed by atoms with Gasteiger partial charge in [0.05, 0.1) is 11.0 Å². The van der Waals surface area contributed by atoms with Crippen LogP contribution in [0.2, 0.25) is 0 Å². The number of rotatable bonds is 5. The Hall–Kier alpha value is -1.89. The molecule has 1 amide bonds. The standard InChI is InChI=1S/C19H21F3N2OS/c1-18(12-13-5-2-3-6-13,16(25)24-17-23-9-10-26-17)14-7-4-8-15(11-14)19(20,21)22/h4,7-11,13H,2-3,5-6,12H2,1H3,(H,23,24,25). The fraction of sp³-hybridized carbons (Fsp3) is 0.474. The number of thiazole rings is 1. The fourth-order valence-corrected chi connectivity index (χ4v) is 4.22. The minimum atomic E-state index is -4.43. The van der Waals surface area contributed by atoms with Gasteiger partial charge in [-0.05, 0) is 30.9 Å². The molecule has 0 bridgehead atoms. The number of alkyl halides is 3. The van der Waals surface area contributed by atoms with Crippen LogP contribution in [-0.4, -0.2) is 10.9 Å². The van der Waals surface area contributed by atoms with Crippen molar-refractivity contribution < 1.29 is 18.0 Å². The number of nitrogens with one attached hydrogen (secondary N) is 1. The number of carbonyl (C=O) groups excluding carboxylic acids is 1. The number of halogens is 3. The van der Waals surface area contributed by atoms with E-state index >= 15 is 0 Å². The fourth-order valence-electron chi connectivity index (χ4n) is 3.69. The Morgan fingerprint density at radius 2 is 1.96 bits per heavy atom. The zero-order valence-corrected chi connectivity index (χ0v) is 15.3. The molecule has 1 fully saturated rings. The summed E-state index contributed by atoms with van der Waals surface area (Å²) in [7, 11) is 0. The molecule has 140 valence electrons. The average Bonchev–Trinajstić information content (AvgIpc) is 3.28. The average molecular weight is 382 g/mol. The number of nitrogens with zero attached hydrogens (tertiary/aromatic N) is 1. The van der Waals surface area contributed by atoms with Crippen LogP contribution in [0.5, 0.6) is 0 Å². The molecule has 0 saturated heterocycles. The van der Waals surface area contributed by atoms with Crippen LogP contribution >= 0.6 is 11.3 Å². The summed E-state index contributed by atoms with van der Waals surface area (Å²) < 4.78 is 39.5. The molecule has 1 heterocycles. The largest absolute Gasteiger partial charge is 0.416 e. The molecule has 1 atom stereocenters. The van der Waals surface area contributed by atoms with E-state index < -0.39 is 17.2 Å². The molecular weight excluding hydrogens is 361 g/mol. The first-order chi connectivity index (χ1) is 12.3. The lowest BCUT2D eigenvalue weighted by Crippen LogP contribution is -2.39. The van der Waals surface area contributed by atoms with E-state index in [1.165, 1.54) is 17.4 Å². The number of anilines is 1. The molecule has 3 rings (SSSR count). The Balaban J connectivity index is 1.95. The van der Waals surface area contributed by atoms with Crippen molar-refractivity contribution in [3.05, 3.63) is 47.0 Å². The van der Waals surface area contributed by atoms with E-state index in [2.05, 4.69) is 10.3 Å². The number of hydrogen-bond acceptors (Lipinski definition) is 3. The molecule has 1 unspecified atom stereocenters. The van der Waals surface area contributed by atoms with Crippen molar-refractivity contribution >= 4 is 22.4 Å². The molecule has 7 heteroatoms. The third-order valence-electron chi connectivity index (χ3n) is 5.15. The zero-order chi connectivity index (χ0) is 18.8.